The Bertz CT molecular complexity index is 1540. The van der Waals surface area contributed by atoms with Gasteiger partial charge in [-0.3, -0.25) is 0 Å². The van der Waals surface area contributed by atoms with E-state index < -0.39 is 5.41 Å². The van der Waals surface area contributed by atoms with Gasteiger partial charge >= 0.3 is 0 Å². The minimum absolute atomic E-state index is 0.265. The van der Waals surface area contributed by atoms with Crippen molar-refractivity contribution in [3.8, 4) is 28.7 Å². The van der Waals surface area contributed by atoms with E-state index in [1.165, 1.54) is 27.8 Å². The molecule has 0 radical (unpaired) electrons. The summed E-state index contributed by atoms with van der Waals surface area (Å²) in [5, 5.41) is 10.0. The third-order valence-electron chi connectivity index (χ3n) is 6.68. The first kappa shape index (κ1) is 20.1. The van der Waals surface area contributed by atoms with E-state index in [9.17, 15) is 5.11 Å². The summed E-state index contributed by atoms with van der Waals surface area (Å²) < 4.78 is 0. The Morgan fingerprint density at radius 3 is 1.82 bits per heavy atom. The van der Waals surface area contributed by atoms with Crippen LogP contribution in [0.4, 0.5) is 0 Å². The zero-order valence-electron chi connectivity index (χ0n) is 18.6. The topological polar surface area (TPSA) is 20.2 Å². The van der Waals surface area contributed by atoms with E-state index in [-0.39, 0.29) is 5.75 Å². The lowest BCUT2D eigenvalue weighted by Gasteiger charge is -2.34. The molecule has 0 spiro atoms. The van der Waals surface area contributed by atoms with Crippen LogP contribution < -0.4 is 0 Å². The zero-order valence-corrected chi connectivity index (χ0v) is 18.6. The smallest absolute Gasteiger partial charge is 0.115 e. The molecule has 0 bridgehead atoms. The molecule has 0 saturated heterocycles. The predicted octanol–water partition coefficient (Wildman–Crippen LogP) is 7.16. The van der Waals surface area contributed by atoms with Crippen LogP contribution in [-0.4, -0.2) is 5.11 Å². The van der Waals surface area contributed by atoms with Gasteiger partial charge in [0.2, 0.25) is 0 Å². The lowest BCUT2D eigenvalue weighted by atomic mass is 9.67. The summed E-state index contributed by atoms with van der Waals surface area (Å²) in [5.41, 5.74) is 8.71. The first-order chi connectivity index (χ1) is 16.8. The quantitative estimate of drug-likeness (QED) is 0.287. The Labute approximate surface area is 200 Å². The van der Waals surface area contributed by atoms with Crippen LogP contribution in [0.2, 0.25) is 0 Å². The first-order valence-electron chi connectivity index (χ1n) is 11.4. The van der Waals surface area contributed by atoms with Gasteiger partial charge in [0.15, 0.2) is 0 Å². The molecule has 5 aromatic rings. The SMILES string of the molecule is Oc1ccc(C2(c3ccccc3)c3ccccc3-c3ccc(C#Cc4ccccc4)cc32)cc1. The molecular weight excluding hydrogens is 412 g/mol. The Kier molecular flexibility index (Phi) is 4.79. The molecule has 1 heteroatoms. The van der Waals surface area contributed by atoms with Crippen LogP contribution in [0.3, 0.4) is 0 Å². The second kappa shape index (κ2) is 8.10. The second-order valence-electron chi connectivity index (χ2n) is 8.58. The maximum atomic E-state index is 10.0. The summed E-state index contributed by atoms with van der Waals surface area (Å²) in [6.45, 7) is 0. The van der Waals surface area contributed by atoms with Gasteiger partial charge in [-0.15, -0.1) is 0 Å². The van der Waals surface area contributed by atoms with Crippen LogP contribution in [0.25, 0.3) is 11.1 Å². The van der Waals surface area contributed by atoms with Gasteiger partial charge < -0.3 is 5.11 Å². The summed E-state index contributed by atoms with van der Waals surface area (Å²) in [4.78, 5) is 0. The highest BCUT2D eigenvalue weighted by molar-refractivity contribution is 5.86. The molecule has 0 amide bonds. The van der Waals surface area contributed by atoms with Crippen LogP contribution in [0.5, 0.6) is 5.75 Å². The van der Waals surface area contributed by atoms with Crippen molar-refractivity contribution in [1.29, 1.82) is 0 Å². The summed E-state index contributed by atoms with van der Waals surface area (Å²) in [6.07, 6.45) is 0. The summed E-state index contributed by atoms with van der Waals surface area (Å²) in [6, 6.07) is 43.5. The van der Waals surface area contributed by atoms with Crippen molar-refractivity contribution in [1.82, 2.24) is 0 Å². The van der Waals surface area contributed by atoms with Crippen molar-refractivity contribution in [3.05, 3.63) is 161 Å². The number of phenolic OH excluding ortho intramolecular Hbond substituents is 1. The average molecular weight is 435 g/mol. The molecule has 5 aromatic carbocycles. The first-order valence-corrected chi connectivity index (χ1v) is 11.4. The third-order valence-corrected chi connectivity index (χ3v) is 6.68. The molecule has 0 saturated carbocycles. The summed E-state index contributed by atoms with van der Waals surface area (Å²) >= 11 is 0. The second-order valence-corrected chi connectivity index (χ2v) is 8.58. The van der Waals surface area contributed by atoms with Crippen LogP contribution in [0.15, 0.2) is 127 Å². The Balaban J connectivity index is 1.65. The van der Waals surface area contributed by atoms with Gasteiger partial charge in [-0.1, -0.05) is 103 Å². The van der Waals surface area contributed by atoms with E-state index >= 15 is 0 Å². The predicted molar refractivity (Wildman–Crippen MR) is 138 cm³/mol. The largest absolute Gasteiger partial charge is 0.508 e. The van der Waals surface area contributed by atoms with Gasteiger partial charge in [0.1, 0.15) is 5.75 Å². The van der Waals surface area contributed by atoms with Crippen molar-refractivity contribution in [2.24, 2.45) is 0 Å². The highest BCUT2D eigenvalue weighted by Crippen LogP contribution is 2.56. The van der Waals surface area contributed by atoms with E-state index in [1.807, 2.05) is 42.5 Å². The monoisotopic (exact) mass is 434 g/mol. The molecule has 0 fully saturated rings. The number of rotatable bonds is 2. The summed E-state index contributed by atoms with van der Waals surface area (Å²) in [7, 11) is 0. The van der Waals surface area contributed by atoms with Crippen LogP contribution in [0.1, 0.15) is 33.4 Å². The molecule has 34 heavy (non-hydrogen) atoms. The number of aromatic hydroxyl groups is 1. The zero-order chi connectivity index (χ0) is 23.0. The number of fused-ring (bicyclic) bond motifs is 3. The maximum Gasteiger partial charge on any atom is 0.115 e. The molecule has 160 valence electrons. The van der Waals surface area contributed by atoms with Crippen LogP contribution in [0, 0.1) is 11.8 Å². The van der Waals surface area contributed by atoms with E-state index in [0.29, 0.717) is 0 Å². The highest BCUT2D eigenvalue weighted by atomic mass is 16.3. The van der Waals surface area contributed by atoms with Gasteiger partial charge in [0.05, 0.1) is 5.41 Å². The molecule has 1 unspecified atom stereocenters. The van der Waals surface area contributed by atoms with E-state index in [1.54, 1.807) is 12.1 Å². The van der Waals surface area contributed by atoms with Crippen molar-refractivity contribution in [2.45, 2.75) is 5.41 Å². The minimum atomic E-state index is -0.495. The fraction of sp³-hybridized carbons (Fsp3) is 0.0303. The van der Waals surface area contributed by atoms with Gasteiger partial charge in [0.25, 0.3) is 0 Å². The van der Waals surface area contributed by atoms with E-state index in [4.69, 9.17) is 0 Å². The molecule has 1 aliphatic rings. The van der Waals surface area contributed by atoms with E-state index in [2.05, 4.69) is 84.6 Å². The molecule has 1 nitrogen and oxygen atoms in total. The molecule has 0 aromatic heterocycles. The molecule has 1 aliphatic carbocycles. The van der Waals surface area contributed by atoms with Crippen LogP contribution in [-0.2, 0) is 5.41 Å². The van der Waals surface area contributed by atoms with Crippen LogP contribution >= 0.6 is 0 Å². The van der Waals surface area contributed by atoms with Gasteiger partial charge in [-0.25, -0.2) is 0 Å². The number of hydrogen-bond donors (Lipinski definition) is 1. The van der Waals surface area contributed by atoms with Gasteiger partial charge in [-0.05, 0) is 69.8 Å². The fourth-order valence-electron chi connectivity index (χ4n) is 5.21. The third kappa shape index (κ3) is 3.12. The number of hydrogen-bond acceptors (Lipinski definition) is 1. The lowest BCUT2D eigenvalue weighted by molar-refractivity contribution is 0.475. The lowest BCUT2D eigenvalue weighted by Crippen LogP contribution is -2.28. The van der Waals surface area contributed by atoms with Crippen molar-refractivity contribution < 1.29 is 5.11 Å². The summed E-state index contributed by atoms with van der Waals surface area (Å²) in [5.74, 6) is 6.95. The van der Waals surface area contributed by atoms with Crippen molar-refractivity contribution >= 4 is 0 Å². The maximum absolute atomic E-state index is 10.0. The number of benzene rings is 5. The van der Waals surface area contributed by atoms with E-state index in [0.717, 1.165) is 16.7 Å². The van der Waals surface area contributed by atoms with Crippen molar-refractivity contribution in [2.75, 3.05) is 0 Å². The Morgan fingerprint density at radius 2 is 1.06 bits per heavy atom. The Hall–Kier alpha value is -4.54. The molecule has 0 aliphatic heterocycles. The molecule has 1 atom stereocenters. The molecule has 6 rings (SSSR count). The Morgan fingerprint density at radius 1 is 0.471 bits per heavy atom. The van der Waals surface area contributed by atoms with Gasteiger partial charge in [0, 0.05) is 11.1 Å². The highest BCUT2D eigenvalue weighted by Gasteiger charge is 2.45. The van der Waals surface area contributed by atoms with Crippen molar-refractivity contribution in [3.63, 3.8) is 0 Å². The normalized spacial score (nSPS) is 15.6. The molecule has 1 N–H and O–H groups in total. The number of phenols is 1. The molecular formula is C33H22O. The standard InChI is InChI=1S/C33H22O/c34-28-20-18-27(19-21-28)33(26-11-5-2-6-12-26)31-14-8-7-13-29(31)30-22-17-25(23-32(30)33)16-15-24-9-3-1-4-10-24/h1-14,17-23,34H. The molecule has 0 heterocycles. The fourth-order valence-corrected chi connectivity index (χ4v) is 5.21. The van der Waals surface area contributed by atoms with Gasteiger partial charge in [-0.2, -0.15) is 0 Å². The average Bonchev–Trinajstić information content (AvgIpc) is 3.20. The minimum Gasteiger partial charge on any atom is -0.508 e.